The number of carbonyl (C=O) groups is 1. The Morgan fingerprint density at radius 3 is 2.60 bits per heavy atom. The van der Waals surface area contributed by atoms with Crippen LogP contribution in [0.2, 0.25) is 0 Å². The van der Waals surface area contributed by atoms with Crippen LogP contribution in [0.1, 0.15) is 37.0 Å². The summed E-state index contributed by atoms with van der Waals surface area (Å²) in [6.45, 7) is 4.38. The molecule has 0 aromatic heterocycles. The number of Topliss-reactive ketones (excluding diaryl/α,β-unsaturated/α-hetero) is 1. The first kappa shape index (κ1) is 12.3. The van der Waals surface area contributed by atoms with E-state index in [1.807, 2.05) is 42.1 Å². The van der Waals surface area contributed by atoms with E-state index in [4.69, 9.17) is 0 Å². The summed E-state index contributed by atoms with van der Waals surface area (Å²) in [6, 6.07) is 9.53. The molecule has 82 valence electrons. The van der Waals surface area contributed by atoms with Crippen molar-refractivity contribution in [2.24, 2.45) is 0 Å². The molecule has 0 saturated carbocycles. The molecule has 1 unspecified atom stereocenters. The van der Waals surface area contributed by atoms with E-state index >= 15 is 0 Å². The highest BCUT2D eigenvalue weighted by molar-refractivity contribution is 7.99. The van der Waals surface area contributed by atoms with Gasteiger partial charge in [0, 0.05) is 23.0 Å². The van der Waals surface area contributed by atoms with Crippen LogP contribution in [0, 0.1) is 0 Å². The Kier molecular flexibility index (Phi) is 5.48. The van der Waals surface area contributed by atoms with Crippen LogP contribution in [0.25, 0.3) is 0 Å². The molecule has 0 saturated heterocycles. The van der Waals surface area contributed by atoms with Crippen molar-refractivity contribution in [3.05, 3.63) is 35.9 Å². The van der Waals surface area contributed by atoms with Gasteiger partial charge in [-0.1, -0.05) is 44.2 Å². The number of ketones is 1. The zero-order valence-corrected chi connectivity index (χ0v) is 10.2. The van der Waals surface area contributed by atoms with E-state index in [1.54, 1.807) is 0 Å². The zero-order chi connectivity index (χ0) is 11.1. The molecule has 15 heavy (non-hydrogen) atoms. The van der Waals surface area contributed by atoms with Crippen LogP contribution in [0.5, 0.6) is 0 Å². The van der Waals surface area contributed by atoms with E-state index in [2.05, 4.69) is 13.8 Å². The topological polar surface area (TPSA) is 17.1 Å². The highest BCUT2D eigenvalue weighted by atomic mass is 32.2. The summed E-state index contributed by atoms with van der Waals surface area (Å²) in [4.78, 5) is 11.7. The molecule has 0 bridgehead atoms. The summed E-state index contributed by atoms with van der Waals surface area (Å²) in [5.41, 5.74) is 0.835. The van der Waals surface area contributed by atoms with Gasteiger partial charge < -0.3 is 0 Å². The smallest absolute Gasteiger partial charge is 0.163 e. The van der Waals surface area contributed by atoms with E-state index in [-0.39, 0.29) is 5.78 Å². The second-order valence-corrected chi connectivity index (χ2v) is 5.18. The average Bonchev–Trinajstić information content (AvgIpc) is 2.29. The van der Waals surface area contributed by atoms with Crippen molar-refractivity contribution in [3.8, 4) is 0 Å². The summed E-state index contributed by atoms with van der Waals surface area (Å²) >= 11 is 1.88. The maximum Gasteiger partial charge on any atom is 0.163 e. The second kappa shape index (κ2) is 6.67. The first-order valence-electron chi connectivity index (χ1n) is 5.44. The van der Waals surface area contributed by atoms with Gasteiger partial charge in [-0.05, 0) is 6.42 Å². The number of hydrogen-bond acceptors (Lipinski definition) is 2. The third-order valence-corrected chi connectivity index (χ3v) is 3.74. The molecule has 1 aromatic rings. The minimum Gasteiger partial charge on any atom is -0.294 e. The van der Waals surface area contributed by atoms with Crippen molar-refractivity contribution >= 4 is 17.5 Å². The molecular formula is C13H18OS. The molecular weight excluding hydrogens is 204 g/mol. The van der Waals surface area contributed by atoms with Gasteiger partial charge in [0.15, 0.2) is 5.78 Å². The highest BCUT2D eigenvalue weighted by Gasteiger charge is 2.06. The number of benzene rings is 1. The van der Waals surface area contributed by atoms with Gasteiger partial charge in [-0.3, -0.25) is 4.79 Å². The number of rotatable bonds is 6. The van der Waals surface area contributed by atoms with Crippen molar-refractivity contribution in [1.29, 1.82) is 0 Å². The predicted octanol–water partition coefficient (Wildman–Crippen LogP) is 3.79. The van der Waals surface area contributed by atoms with E-state index in [9.17, 15) is 4.79 Å². The SMILES string of the molecule is CCC(C)SCCC(=O)c1ccccc1. The van der Waals surface area contributed by atoms with Gasteiger partial charge in [0.2, 0.25) is 0 Å². The molecule has 1 aromatic carbocycles. The quantitative estimate of drug-likeness (QED) is 0.681. The fourth-order valence-corrected chi connectivity index (χ4v) is 2.18. The largest absolute Gasteiger partial charge is 0.294 e. The van der Waals surface area contributed by atoms with Crippen molar-refractivity contribution in [1.82, 2.24) is 0 Å². The van der Waals surface area contributed by atoms with Gasteiger partial charge in [-0.15, -0.1) is 0 Å². The third kappa shape index (κ3) is 4.52. The first-order chi connectivity index (χ1) is 7.24. The molecule has 0 amide bonds. The van der Waals surface area contributed by atoms with Crippen LogP contribution >= 0.6 is 11.8 Å². The van der Waals surface area contributed by atoms with E-state index < -0.39 is 0 Å². The Hall–Kier alpha value is -0.760. The summed E-state index contributed by atoms with van der Waals surface area (Å²) in [6.07, 6.45) is 1.82. The summed E-state index contributed by atoms with van der Waals surface area (Å²) in [7, 11) is 0. The molecule has 0 aliphatic carbocycles. The normalized spacial score (nSPS) is 12.4. The Morgan fingerprint density at radius 1 is 1.33 bits per heavy atom. The van der Waals surface area contributed by atoms with Gasteiger partial charge in [0.25, 0.3) is 0 Å². The number of thioether (sulfide) groups is 1. The minimum absolute atomic E-state index is 0.256. The molecule has 0 spiro atoms. The maximum atomic E-state index is 11.7. The molecule has 1 nitrogen and oxygen atoms in total. The molecule has 0 radical (unpaired) electrons. The van der Waals surface area contributed by atoms with Gasteiger partial charge in [0.1, 0.15) is 0 Å². The molecule has 2 heteroatoms. The number of carbonyl (C=O) groups excluding carboxylic acids is 1. The fraction of sp³-hybridized carbons (Fsp3) is 0.462. The Labute approximate surface area is 96.3 Å². The van der Waals surface area contributed by atoms with Crippen LogP contribution in [-0.2, 0) is 0 Å². The van der Waals surface area contributed by atoms with Gasteiger partial charge in [-0.2, -0.15) is 11.8 Å². The van der Waals surface area contributed by atoms with Crippen LogP contribution in [0.3, 0.4) is 0 Å². The van der Waals surface area contributed by atoms with Crippen LogP contribution < -0.4 is 0 Å². The number of hydrogen-bond donors (Lipinski definition) is 0. The summed E-state index contributed by atoms with van der Waals surface area (Å²) in [5.74, 6) is 1.19. The Bertz CT molecular complexity index is 295. The second-order valence-electron chi connectivity index (χ2n) is 3.63. The van der Waals surface area contributed by atoms with Gasteiger partial charge >= 0.3 is 0 Å². The van der Waals surface area contributed by atoms with E-state index in [1.165, 1.54) is 6.42 Å². The minimum atomic E-state index is 0.256. The Balaban J connectivity index is 2.31. The Morgan fingerprint density at radius 2 is 2.00 bits per heavy atom. The first-order valence-corrected chi connectivity index (χ1v) is 6.48. The molecule has 1 rings (SSSR count). The van der Waals surface area contributed by atoms with E-state index in [0.29, 0.717) is 11.7 Å². The lowest BCUT2D eigenvalue weighted by atomic mass is 10.1. The molecule has 0 aliphatic rings. The standard InChI is InChI=1S/C13H18OS/c1-3-11(2)15-10-9-13(14)12-7-5-4-6-8-12/h4-8,11H,3,9-10H2,1-2H3. The van der Waals surface area contributed by atoms with E-state index in [0.717, 1.165) is 11.3 Å². The van der Waals surface area contributed by atoms with Crippen molar-refractivity contribution < 1.29 is 4.79 Å². The predicted molar refractivity (Wildman–Crippen MR) is 67.6 cm³/mol. The van der Waals surface area contributed by atoms with Crippen LogP contribution in [0.15, 0.2) is 30.3 Å². The lowest BCUT2D eigenvalue weighted by Crippen LogP contribution is -2.02. The fourth-order valence-electron chi connectivity index (χ4n) is 1.24. The average molecular weight is 222 g/mol. The zero-order valence-electron chi connectivity index (χ0n) is 9.40. The van der Waals surface area contributed by atoms with Crippen molar-refractivity contribution in [3.63, 3.8) is 0 Å². The monoisotopic (exact) mass is 222 g/mol. The van der Waals surface area contributed by atoms with Gasteiger partial charge in [-0.25, -0.2) is 0 Å². The van der Waals surface area contributed by atoms with Gasteiger partial charge in [0.05, 0.1) is 0 Å². The summed E-state index contributed by atoms with van der Waals surface area (Å²) < 4.78 is 0. The lowest BCUT2D eigenvalue weighted by molar-refractivity contribution is 0.0989. The highest BCUT2D eigenvalue weighted by Crippen LogP contribution is 2.15. The molecule has 0 fully saturated rings. The van der Waals surface area contributed by atoms with Crippen molar-refractivity contribution in [2.75, 3.05) is 5.75 Å². The molecule has 1 atom stereocenters. The maximum absolute atomic E-state index is 11.7. The third-order valence-electron chi connectivity index (χ3n) is 2.40. The summed E-state index contributed by atoms with van der Waals surface area (Å²) in [5, 5.41) is 0.661. The van der Waals surface area contributed by atoms with Crippen molar-refractivity contribution in [2.45, 2.75) is 31.9 Å². The van der Waals surface area contributed by atoms with Crippen LogP contribution in [-0.4, -0.2) is 16.8 Å². The van der Waals surface area contributed by atoms with Crippen LogP contribution in [0.4, 0.5) is 0 Å². The molecule has 0 aliphatic heterocycles. The molecule has 0 N–H and O–H groups in total. The lowest BCUT2D eigenvalue weighted by Gasteiger charge is -2.07. The molecule has 0 heterocycles.